The second-order valence-corrected chi connectivity index (χ2v) is 4.50. The van der Waals surface area contributed by atoms with E-state index in [-0.39, 0.29) is 0 Å². The van der Waals surface area contributed by atoms with Crippen molar-refractivity contribution in [2.45, 2.75) is 6.54 Å². The van der Waals surface area contributed by atoms with E-state index in [0.29, 0.717) is 12.4 Å². The summed E-state index contributed by atoms with van der Waals surface area (Å²) < 4.78 is 1.74. The number of hydrogen-bond acceptors (Lipinski definition) is 4. The van der Waals surface area contributed by atoms with Crippen LogP contribution in [0.3, 0.4) is 0 Å². The molecular formula is C15H15N5. The number of aryl methyl sites for hydroxylation is 1. The summed E-state index contributed by atoms with van der Waals surface area (Å²) in [5.74, 6) is 1.44. The second kappa shape index (κ2) is 5.22. The summed E-state index contributed by atoms with van der Waals surface area (Å²) >= 11 is 0. The molecule has 2 heterocycles. The van der Waals surface area contributed by atoms with Gasteiger partial charge < -0.3 is 5.73 Å². The van der Waals surface area contributed by atoms with Crippen molar-refractivity contribution < 1.29 is 0 Å². The maximum Gasteiger partial charge on any atom is 0.181 e. The third kappa shape index (κ3) is 2.31. The van der Waals surface area contributed by atoms with Gasteiger partial charge in [-0.15, -0.1) is 0 Å². The zero-order valence-corrected chi connectivity index (χ0v) is 11.2. The molecule has 0 bridgehead atoms. The molecule has 0 saturated carbocycles. The summed E-state index contributed by atoms with van der Waals surface area (Å²) in [6.45, 7) is 0.487. The van der Waals surface area contributed by atoms with Crippen LogP contribution in [0.2, 0.25) is 0 Å². The van der Waals surface area contributed by atoms with Crippen molar-refractivity contribution in [3.05, 3.63) is 54.2 Å². The summed E-state index contributed by atoms with van der Waals surface area (Å²) in [6, 6.07) is 13.8. The highest BCUT2D eigenvalue weighted by molar-refractivity contribution is 5.59. The molecule has 0 spiro atoms. The number of hydrogen-bond donors (Lipinski definition) is 1. The zero-order valence-electron chi connectivity index (χ0n) is 11.2. The monoisotopic (exact) mass is 265 g/mol. The lowest BCUT2D eigenvalue weighted by molar-refractivity contribution is 0.774. The highest BCUT2D eigenvalue weighted by atomic mass is 15.3. The van der Waals surface area contributed by atoms with Gasteiger partial charge in [-0.3, -0.25) is 4.98 Å². The van der Waals surface area contributed by atoms with Crippen LogP contribution in [0.25, 0.3) is 22.9 Å². The standard InChI is InChI=1S/C15H15N5/c1-20-15(13-8-7-11(9-16)10-17-13)18-14(19-20)12-5-3-2-4-6-12/h2-8,10H,9,16H2,1H3. The number of benzene rings is 1. The van der Waals surface area contributed by atoms with E-state index < -0.39 is 0 Å². The normalized spacial score (nSPS) is 10.7. The molecule has 2 aromatic heterocycles. The van der Waals surface area contributed by atoms with E-state index in [4.69, 9.17) is 5.73 Å². The molecule has 0 unspecified atom stereocenters. The third-order valence-corrected chi connectivity index (χ3v) is 3.08. The first kappa shape index (κ1) is 12.5. The molecule has 0 saturated heterocycles. The Morgan fingerprint density at radius 1 is 1.10 bits per heavy atom. The molecule has 100 valence electrons. The largest absolute Gasteiger partial charge is 0.326 e. The lowest BCUT2D eigenvalue weighted by atomic mass is 10.2. The summed E-state index contributed by atoms with van der Waals surface area (Å²) in [4.78, 5) is 8.95. The van der Waals surface area contributed by atoms with E-state index in [1.54, 1.807) is 10.9 Å². The van der Waals surface area contributed by atoms with Gasteiger partial charge in [0, 0.05) is 25.4 Å². The van der Waals surface area contributed by atoms with Gasteiger partial charge in [-0.1, -0.05) is 36.4 Å². The minimum Gasteiger partial charge on any atom is -0.326 e. The van der Waals surface area contributed by atoms with E-state index in [0.717, 1.165) is 22.6 Å². The van der Waals surface area contributed by atoms with Crippen molar-refractivity contribution in [1.29, 1.82) is 0 Å². The molecule has 1 aromatic carbocycles. The summed E-state index contributed by atoms with van der Waals surface area (Å²) in [7, 11) is 1.87. The highest BCUT2D eigenvalue weighted by Crippen LogP contribution is 2.20. The molecular weight excluding hydrogens is 250 g/mol. The Balaban J connectivity index is 2.00. The van der Waals surface area contributed by atoms with Crippen LogP contribution in [-0.4, -0.2) is 19.7 Å². The Labute approximate surface area is 117 Å². The van der Waals surface area contributed by atoms with Crippen LogP contribution in [0.15, 0.2) is 48.7 Å². The minimum absolute atomic E-state index is 0.487. The number of rotatable bonds is 3. The van der Waals surface area contributed by atoms with E-state index in [1.165, 1.54) is 0 Å². The Morgan fingerprint density at radius 2 is 1.90 bits per heavy atom. The first-order valence-electron chi connectivity index (χ1n) is 6.40. The lowest BCUT2D eigenvalue weighted by Gasteiger charge is -2.00. The van der Waals surface area contributed by atoms with Gasteiger partial charge in [0.15, 0.2) is 11.6 Å². The second-order valence-electron chi connectivity index (χ2n) is 4.50. The van der Waals surface area contributed by atoms with Gasteiger partial charge in [-0.05, 0) is 11.6 Å². The molecule has 0 amide bonds. The SMILES string of the molecule is Cn1nc(-c2ccccc2)nc1-c1ccc(CN)cn1. The molecule has 0 aliphatic carbocycles. The third-order valence-electron chi connectivity index (χ3n) is 3.08. The predicted octanol–water partition coefficient (Wildman–Crippen LogP) is 2.00. The van der Waals surface area contributed by atoms with E-state index in [2.05, 4.69) is 15.1 Å². The fraction of sp³-hybridized carbons (Fsp3) is 0.133. The van der Waals surface area contributed by atoms with Gasteiger partial charge in [-0.25, -0.2) is 9.67 Å². The first-order valence-corrected chi connectivity index (χ1v) is 6.40. The quantitative estimate of drug-likeness (QED) is 0.786. The maximum absolute atomic E-state index is 5.58. The average Bonchev–Trinajstić information content (AvgIpc) is 2.90. The van der Waals surface area contributed by atoms with Crippen molar-refractivity contribution in [3.8, 4) is 22.9 Å². The van der Waals surface area contributed by atoms with Crippen molar-refractivity contribution in [2.24, 2.45) is 12.8 Å². The van der Waals surface area contributed by atoms with E-state index >= 15 is 0 Å². The van der Waals surface area contributed by atoms with Crippen LogP contribution in [0.1, 0.15) is 5.56 Å². The number of pyridine rings is 1. The molecule has 0 atom stereocenters. The highest BCUT2D eigenvalue weighted by Gasteiger charge is 2.11. The van der Waals surface area contributed by atoms with Gasteiger partial charge in [0.2, 0.25) is 0 Å². The van der Waals surface area contributed by atoms with Crippen LogP contribution >= 0.6 is 0 Å². The average molecular weight is 265 g/mol. The summed E-state index contributed by atoms with van der Waals surface area (Å²) in [5, 5.41) is 4.44. The Morgan fingerprint density at radius 3 is 2.55 bits per heavy atom. The fourth-order valence-corrected chi connectivity index (χ4v) is 1.99. The van der Waals surface area contributed by atoms with Crippen LogP contribution in [-0.2, 0) is 13.6 Å². The molecule has 3 aromatic rings. The maximum atomic E-state index is 5.58. The Kier molecular flexibility index (Phi) is 3.26. The molecule has 0 aliphatic heterocycles. The Bertz CT molecular complexity index is 701. The van der Waals surface area contributed by atoms with Gasteiger partial charge in [0.25, 0.3) is 0 Å². The first-order chi connectivity index (χ1) is 9.78. The number of nitrogens with zero attached hydrogens (tertiary/aromatic N) is 4. The van der Waals surface area contributed by atoms with Gasteiger partial charge in [0.05, 0.1) is 0 Å². The van der Waals surface area contributed by atoms with Crippen LogP contribution in [0.5, 0.6) is 0 Å². The van der Waals surface area contributed by atoms with E-state index in [9.17, 15) is 0 Å². The molecule has 5 nitrogen and oxygen atoms in total. The van der Waals surface area contributed by atoms with Gasteiger partial charge >= 0.3 is 0 Å². The fourth-order valence-electron chi connectivity index (χ4n) is 1.99. The molecule has 2 N–H and O–H groups in total. The molecule has 0 aliphatic rings. The number of aromatic nitrogens is 4. The van der Waals surface area contributed by atoms with Crippen molar-refractivity contribution >= 4 is 0 Å². The van der Waals surface area contributed by atoms with Crippen molar-refractivity contribution in [2.75, 3.05) is 0 Å². The van der Waals surface area contributed by atoms with Gasteiger partial charge in [0.1, 0.15) is 5.69 Å². The van der Waals surface area contributed by atoms with Crippen LogP contribution in [0, 0.1) is 0 Å². The summed E-state index contributed by atoms with van der Waals surface area (Å²) in [5.41, 5.74) is 8.36. The Hall–Kier alpha value is -2.53. The van der Waals surface area contributed by atoms with Crippen molar-refractivity contribution in [1.82, 2.24) is 19.7 Å². The van der Waals surface area contributed by atoms with Gasteiger partial charge in [-0.2, -0.15) is 5.10 Å². The number of nitrogens with two attached hydrogens (primary N) is 1. The summed E-state index contributed by atoms with van der Waals surface area (Å²) in [6.07, 6.45) is 1.77. The molecule has 20 heavy (non-hydrogen) atoms. The molecule has 5 heteroatoms. The van der Waals surface area contributed by atoms with Crippen LogP contribution < -0.4 is 5.73 Å². The predicted molar refractivity (Wildman–Crippen MR) is 77.6 cm³/mol. The lowest BCUT2D eigenvalue weighted by Crippen LogP contribution is -1.99. The molecule has 0 radical (unpaired) electrons. The molecule has 3 rings (SSSR count). The minimum atomic E-state index is 0.487. The van der Waals surface area contributed by atoms with Crippen LogP contribution in [0.4, 0.5) is 0 Å². The zero-order chi connectivity index (χ0) is 13.9. The molecule has 0 fully saturated rings. The topological polar surface area (TPSA) is 69.6 Å². The van der Waals surface area contributed by atoms with Crippen molar-refractivity contribution in [3.63, 3.8) is 0 Å². The van der Waals surface area contributed by atoms with E-state index in [1.807, 2.05) is 49.5 Å². The smallest absolute Gasteiger partial charge is 0.181 e.